The van der Waals surface area contributed by atoms with Crippen molar-refractivity contribution in [3.63, 3.8) is 0 Å². The molecule has 1 heterocycles. The lowest BCUT2D eigenvalue weighted by Gasteiger charge is -2.02. The molecular weight excluding hydrogens is 228 g/mol. The van der Waals surface area contributed by atoms with Crippen LogP contribution in [0, 0.1) is 0 Å². The summed E-state index contributed by atoms with van der Waals surface area (Å²) in [5.74, 6) is -0.0557. The summed E-state index contributed by atoms with van der Waals surface area (Å²) in [5.41, 5.74) is 5.77. The molecular formula is C10H17ClN4O. The van der Waals surface area contributed by atoms with Crippen LogP contribution in [0.2, 0.25) is 5.15 Å². The lowest BCUT2D eigenvalue weighted by molar-refractivity contribution is 0.175. The van der Waals surface area contributed by atoms with E-state index in [0.29, 0.717) is 12.0 Å². The smallest absolute Gasteiger partial charge is 0.237 e. The lowest BCUT2D eigenvalue weighted by atomic mass is 10.2. The van der Waals surface area contributed by atoms with Crippen LogP contribution >= 0.6 is 11.6 Å². The van der Waals surface area contributed by atoms with E-state index in [9.17, 15) is 5.21 Å². The molecule has 0 atom stereocenters. The predicted octanol–water partition coefficient (Wildman–Crippen LogP) is 1.84. The van der Waals surface area contributed by atoms with E-state index >= 15 is 0 Å². The fourth-order valence-electron chi connectivity index (χ4n) is 1.32. The molecule has 5 nitrogen and oxygen atoms in total. The number of hydrogen-bond donors (Lipinski definition) is 2. The summed E-state index contributed by atoms with van der Waals surface area (Å²) < 4.78 is 0.742. The molecule has 6 heteroatoms. The van der Waals surface area contributed by atoms with Crippen molar-refractivity contribution in [1.29, 1.82) is 0 Å². The molecule has 90 valence electrons. The van der Waals surface area contributed by atoms with E-state index in [1.807, 2.05) is 0 Å². The predicted molar refractivity (Wildman–Crippen MR) is 63.4 cm³/mol. The Balaban J connectivity index is 2.68. The van der Waals surface area contributed by atoms with Crippen molar-refractivity contribution in [3.05, 3.63) is 16.7 Å². The number of nitrogens with two attached hydrogens (primary N) is 1. The molecule has 0 bridgehead atoms. The summed E-state index contributed by atoms with van der Waals surface area (Å²) in [6.45, 7) is 2.81. The van der Waals surface area contributed by atoms with Crippen LogP contribution in [-0.2, 0) is 0 Å². The fourth-order valence-corrected chi connectivity index (χ4v) is 1.50. The minimum Gasteiger partial charge on any atom is -0.423 e. The van der Waals surface area contributed by atoms with Crippen molar-refractivity contribution in [2.75, 3.05) is 12.3 Å². The quantitative estimate of drug-likeness (QED) is 0.471. The van der Waals surface area contributed by atoms with Gasteiger partial charge in [0.05, 0.1) is 0 Å². The van der Waals surface area contributed by atoms with Crippen LogP contribution in [0.15, 0.2) is 11.1 Å². The first kappa shape index (κ1) is 12.8. The lowest BCUT2D eigenvalue weighted by Crippen LogP contribution is -2.23. The molecule has 0 saturated carbocycles. The minimum atomic E-state index is -0.0557. The highest BCUT2D eigenvalue weighted by Gasteiger charge is 2.00. The molecule has 3 N–H and O–H groups in total. The second-order valence-electron chi connectivity index (χ2n) is 3.55. The third-order valence-corrected chi connectivity index (χ3v) is 2.38. The molecule has 16 heavy (non-hydrogen) atoms. The summed E-state index contributed by atoms with van der Waals surface area (Å²) in [6.07, 6.45) is 4.52. The number of hydrogen-bond acceptors (Lipinski definition) is 4. The van der Waals surface area contributed by atoms with E-state index in [2.05, 4.69) is 16.9 Å². The molecule has 0 aliphatic heterocycles. The van der Waals surface area contributed by atoms with Crippen LogP contribution in [0.4, 0.5) is 5.95 Å². The molecule has 0 aromatic carbocycles. The van der Waals surface area contributed by atoms with Gasteiger partial charge in [-0.3, -0.25) is 4.99 Å². The SMILES string of the molecule is CCCCCCN=c1cc(Cl)nc(N)n1O. The van der Waals surface area contributed by atoms with Crippen LogP contribution < -0.4 is 11.2 Å². The van der Waals surface area contributed by atoms with Gasteiger partial charge in [0, 0.05) is 12.6 Å². The number of nitrogens with zero attached hydrogens (tertiary/aromatic N) is 3. The summed E-state index contributed by atoms with van der Waals surface area (Å²) in [7, 11) is 0. The number of aromatic nitrogens is 2. The van der Waals surface area contributed by atoms with Crippen LogP contribution in [0.5, 0.6) is 0 Å². The second kappa shape index (κ2) is 6.37. The molecule has 0 spiro atoms. The van der Waals surface area contributed by atoms with E-state index in [4.69, 9.17) is 17.3 Å². The van der Waals surface area contributed by atoms with Crippen molar-refractivity contribution in [1.82, 2.24) is 9.71 Å². The molecule has 0 unspecified atom stereocenters. The maximum absolute atomic E-state index is 9.50. The van der Waals surface area contributed by atoms with Crippen molar-refractivity contribution in [2.45, 2.75) is 32.6 Å². The largest absolute Gasteiger partial charge is 0.423 e. The molecule has 0 amide bonds. The van der Waals surface area contributed by atoms with Gasteiger partial charge in [0.2, 0.25) is 5.95 Å². The maximum atomic E-state index is 9.50. The Morgan fingerprint density at radius 2 is 2.25 bits per heavy atom. The number of unbranched alkanes of at least 4 members (excludes halogenated alkanes) is 3. The topological polar surface area (TPSA) is 76.4 Å². The Morgan fingerprint density at radius 1 is 1.50 bits per heavy atom. The Morgan fingerprint density at radius 3 is 2.94 bits per heavy atom. The fraction of sp³-hybridized carbons (Fsp3) is 0.600. The first-order chi connectivity index (χ1) is 7.65. The van der Waals surface area contributed by atoms with Crippen LogP contribution in [-0.4, -0.2) is 21.5 Å². The molecule has 1 rings (SSSR count). The van der Waals surface area contributed by atoms with Gasteiger partial charge >= 0.3 is 0 Å². The van der Waals surface area contributed by atoms with E-state index in [1.54, 1.807) is 0 Å². The standard InChI is InChI=1S/C10H17ClN4O/c1-2-3-4-5-6-13-9-7-8(11)14-10(12)15(9)16/h7,16H,2-6H2,1H3,(H2,12,14). The zero-order valence-corrected chi connectivity index (χ0v) is 10.1. The zero-order chi connectivity index (χ0) is 12.0. The summed E-state index contributed by atoms with van der Waals surface area (Å²) >= 11 is 5.71. The highest BCUT2D eigenvalue weighted by Crippen LogP contribution is 2.02. The third kappa shape index (κ3) is 3.73. The van der Waals surface area contributed by atoms with Crippen LogP contribution in [0.25, 0.3) is 0 Å². The van der Waals surface area contributed by atoms with Gasteiger partial charge in [-0.05, 0) is 6.42 Å². The van der Waals surface area contributed by atoms with Crippen molar-refractivity contribution in [3.8, 4) is 0 Å². The number of rotatable bonds is 5. The highest BCUT2D eigenvalue weighted by atomic mass is 35.5. The normalized spacial score (nSPS) is 12.0. The van der Waals surface area contributed by atoms with Gasteiger partial charge in [0.15, 0.2) is 5.49 Å². The van der Waals surface area contributed by atoms with E-state index in [1.165, 1.54) is 18.9 Å². The molecule has 1 aromatic rings. The van der Waals surface area contributed by atoms with Crippen molar-refractivity contribution < 1.29 is 5.21 Å². The average Bonchev–Trinajstić information content (AvgIpc) is 2.24. The third-order valence-electron chi connectivity index (χ3n) is 2.19. The number of nitrogen functional groups attached to an aromatic ring is 1. The second-order valence-corrected chi connectivity index (χ2v) is 3.94. The first-order valence-corrected chi connectivity index (χ1v) is 5.77. The van der Waals surface area contributed by atoms with E-state index in [-0.39, 0.29) is 11.1 Å². The van der Waals surface area contributed by atoms with Gasteiger partial charge in [-0.2, -0.15) is 0 Å². The number of halogens is 1. The summed E-state index contributed by atoms with van der Waals surface area (Å²) in [6, 6.07) is 1.48. The molecule has 0 aliphatic carbocycles. The number of anilines is 1. The molecule has 0 fully saturated rings. The van der Waals surface area contributed by atoms with E-state index in [0.717, 1.165) is 17.6 Å². The Labute approximate surface area is 99.6 Å². The van der Waals surface area contributed by atoms with Gasteiger partial charge in [-0.25, -0.2) is 4.98 Å². The average molecular weight is 245 g/mol. The zero-order valence-electron chi connectivity index (χ0n) is 9.36. The van der Waals surface area contributed by atoms with Gasteiger partial charge in [0.1, 0.15) is 5.15 Å². The van der Waals surface area contributed by atoms with Gasteiger partial charge in [0.25, 0.3) is 0 Å². The minimum absolute atomic E-state index is 0.0557. The maximum Gasteiger partial charge on any atom is 0.237 e. The summed E-state index contributed by atoms with van der Waals surface area (Å²) in [5, 5.41) is 9.73. The van der Waals surface area contributed by atoms with Crippen molar-refractivity contribution in [2.24, 2.45) is 4.99 Å². The Hall–Kier alpha value is -1.23. The van der Waals surface area contributed by atoms with Crippen LogP contribution in [0.1, 0.15) is 32.6 Å². The van der Waals surface area contributed by atoms with Gasteiger partial charge in [-0.15, -0.1) is 4.73 Å². The molecule has 0 saturated heterocycles. The van der Waals surface area contributed by atoms with Gasteiger partial charge < -0.3 is 10.9 Å². The van der Waals surface area contributed by atoms with Crippen LogP contribution in [0.3, 0.4) is 0 Å². The van der Waals surface area contributed by atoms with E-state index < -0.39 is 0 Å². The first-order valence-electron chi connectivity index (χ1n) is 5.40. The Kier molecular flexibility index (Phi) is 5.11. The monoisotopic (exact) mass is 244 g/mol. The molecule has 1 aromatic heterocycles. The Bertz CT molecular complexity index is 402. The van der Waals surface area contributed by atoms with Gasteiger partial charge in [-0.1, -0.05) is 37.8 Å². The highest BCUT2D eigenvalue weighted by molar-refractivity contribution is 6.29. The summed E-state index contributed by atoms with van der Waals surface area (Å²) in [4.78, 5) is 7.90. The molecule has 0 aliphatic rings. The van der Waals surface area contributed by atoms with Crippen molar-refractivity contribution >= 4 is 17.5 Å². The molecule has 0 radical (unpaired) electrons.